The van der Waals surface area contributed by atoms with Crippen LogP contribution in [0.25, 0.3) is 5.95 Å². The molecule has 2 heterocycles. The number of hydrogen-bond acceptors (Lipinski definition) is 6. The number of hydrogen-bond donors (Lipinski definition) is 1. The van der Waals surface area contributed by atoms with Crippen molar-refractivity contribution < 1.29 is 4.74 Å². The van der Waals surface area contributed by atoms with Crippen molar-refractivity contribution in [2.75, 3.05) is 12.8 Å². The Morgan fingerprint density at radius 3 is 2.50 bits per heavy atom. The maximum atomic E-state index is 5.62. The third-order valence-electron chi connectivity index (χ3n) is 2.79. The molecule has 96 valence electrons. The summed E-state index contributed by atoms with van der Waals surface area (Å²) < 4.78 is 6.64. The van der Waals surface area contributed by atoms with E-state index in [1.165, 1.54) is 12.7 Å². The summed E-state index contributed by atoms with van der Waals surface area (Å²) in [5.74, 6) is 0.488. The summed E-state index contributed by atoms with van der Waals surface area (Å²) >= 11 is 0. The number of ether oxygens (including phenoxy) is 1. The highest BCUT2D eigenvalue weighted by molar-refractivity contribution is 5.32. The van der Waals surface area contributed by atoms with Crippen molar-refractivity contribution in [1.29, 1.82) is 0 Å². The van der Waals surface area contributed by atoms with Gasteiger partial charge >= 0.3 is 6.01 Å². The number of aryl methyl sites for hydroxylation is 1. The summed E-state index contributed by atoms with van der Waals surface area (Å²) in [6.45, 7) is 6.03. The molecule has 0 aliphatic heterocycles. The molecule has 0 spiro atoms. The first kappa shape index (κ1) is 12.3. The lowest BCUT2D eigenvalue weighted by Crippen LogP contribution is -2.10. The lowest BCUT2D eigenvalue weighted by molar-refractivity contribution is 0.377. The molecule has 0 fully saturated rings. The van der Waals surface area contributed by atoms with Crippen LogP contribution in [-0.4, -0.2) is 31.8 Å². The average molecular weight is 248 g/mol. The van der Waals surface area contributed by atoms with Crippen LogP contribution >= 0.6 is 0 Å². The molecule has 2 aromatic heterocycles. The summed E-state index contributed by atoms with van der Waals surface area (Å²) in [5, 5.41) is 4.42. The van der Waals surface area contributed by atoms with Crippen molar-refractivity contribution in [1.82, 2.24) is 24.7 Å². The molecule has 0 aliphatic carbocycles. The number of methoxy groups -OCH3 is 1. The van der Waals surface area contributed by atoms with Gasteiger partial charge in [0.25, 0.3) is 5.95 Å². The zero-order valence-corrected chi connectivity index (χ0v) is 10.9. The molecule has 0 aliphatic rings. The molecule has 0 unspecified atom stereocenters. The van der Waals surface area contributed by atoms with Crippen LogP contribution in [0.5, 0.6) is 6.01 Å². The Labute approximate surface area is 105 Å². The van der Waals surface area contributed by atoms with Crippen LogP contribution in [-0.2, 0) is 6.42 Å². The van der Waals surface area contributed by atoms with Gasteiger partial charge in [-0.05, 0) is 25.8 Å². The third-order valence-corrected chi connectivity index (χ3v) is 2.79. The van der Waals surface area contributed by atoms with Gasteiger partial charge in [-0.3, -0.25) is 0 Å². The van der Waals surface area contributed by atoms with Crippen LogP contribution in [0.3, 0.4) is 0 Å². The van der Waals surface area contributed by atoms with Crippen molar-refractivity contribution in [3.63, 3.8) is 0 Å². The molecular weight excluding hydrogens is 232 g/mol. The molecule has 0 atom stereocenters. The Balaban J connectivity index is 2.58. The predicted octanol–water partition coefficient (Wildman–Crippen LogP) is 0.827. The van der Waals surface area contributed by atoms with Gasteiger partial charge in [0.05, 0.1) is 12.8 Å². The number of nitrogens with zero attached hydrogens (tertiary/aromatic N) is 5. The number of nitrogens with two attached hydrogens (primary N) is 1. The van der Waals surface area contributed by atoms with Crippen molar-refractivity contribution >= 4 is 5.95 Å². The van der Waals surface area contributed by atoms with Gasteiger partial charge in [0, 0.05) is 5.69 Å². The quantitative estimate of drug-likeness (QED) is 0.864. The SMILES string of the molecule is CCc1c(C)nn(-c2nc(N)nc(OC)n2)c1C. The molecule has 0 saturated carbocycles. The second-order valence-corrected chi connectivity index (χ2v) is 3.90. The minimum atomic E-state index is 0.113. The summed E-state index contributed by atoms with van der Waals surface area (Å²) in [4.78, 5) is 12.1. The Kier molecular flexibility index (Phi) is 3.14. The Morgan fingerprint density at radius 1 is 1.22 bits per heavy atom. The molecule has 7 nitrogen and oxygen atoms in total. The highest BCUT2D eigenvalue weighted by Gasteiger charge is 2.14. The number of rotatable bonds is 3. The topological polar surface area (TPSA) is 91.7 Å². The van der Waals surface area contributed by atoms with E-state index >= 15 is 0 Å². The lowest BCUT2D eigenvalue weighted by atomic mass is 10.1. The van der Waals surface area contributed by atoms with Gasteiger partial charge in [0.1, 0.15) is 0 Å². The highest BCUT2D eigenvalue weighted by Crippen LogP contribution is 2.17. The van der Waals surface area contributed by atoms with Crippen LogP contribution in [0, 0.1) is 13.8 Å². The molecule has 0 saturated heterocycles. The first-order valence-electron chi connectivity index (χ1n) is 5.67. The van der Waals surface area contributed by atoms with Gasteiger partial charge in [0.15, 0.2) is 0 Å². The summed E-state index contributed by atoms with van der Waals surface area (Å²) in [5.41, 5.74) is 8.77. The largest absolute Gasteiger partial charge is 0.467 e. The van der Waals surface area contributed by atoms with Gasteiger partial charge in [-0.15, -0.1) is 0 Å². The van der Waals surface area contributed by atoms with Crippen LogP contribution in [0.1, 0.15) is 23.9 Å². The van der Waals surface area contributed by atoms with E-state index in [-0.39, 0.29) is 12.0 Å². The third kappa shape index (κ3) is 1.99. The zero-order chi connectivity index (χ0) is 13.3. The molecule has 0 radical (unpaired) electrons. The van der Waals surface area contributed by atoms with E-state index in [1.807, 2.05) is 13.8 Å². The number of nitrogen functional groups attached to an aromatic ring is 1. The van der Waals surface area contributed by atoms with Crippen molar-refractivity contribution in [2.45, 2.75) is 27.2 Å². The van der Waals surface area contributed by atoms with E-state index in [0.29, 0.717) is 5.95 Å². The van der Waals surface area contributed by atoms with E-state index in [9.17, 15) is 0 Å². The molecule has 18 heavy (non-hydrogen) atoms. The summed E-state index contributed by atoms with van der Waals surface area (Å²) in [6.07, 6.45) is 0.912. The maximum Gasteiger partial charge on any atom is 0.322 e. The van der Waals surface area contributed by atoms with Gasteiger partial charge in [-0.2, -0.15) is 20.1 Å². The first-order valence-corrected chi connectivity index (χ1v) is 5.67. The van der Waals surface area contributed by atoms with Gasteiger partial charge in [-0.1, -0.05) is 6.92 Å². The minimum Gasteiger partial charge on any atom is -0.467 e. The van der Waals surface area contributed by atoms with E-state index in [0.717, 1.165) is 17.8 Å². The first-order chi connectivity index (χ1) is 8.56. The van der Waals surface area contributed by atoms with E-state index in [1.54, 1.807) is 4.68 Å². The Hall–Kier alpha value is -2.18. The van der Waals surface area contributed by atoms with Crippen molar-refractivity contribution in [2.24, 2.45) is 0 Å². The van der Waals surface area contributed by atoms with E-state index in [4.69, 9.17) is 10.5 Å². The van der Waals surface area contributed by atoms with Gasteiger partial charge < -0.3 is 10.5 Å². The minimum absolute atomic E-state index is 0.113. The molecule has 0 amide bonds. The average Bonchev–Trinajstić information content (AvgIpc) is 2.63. The number of aromatic nitrogens is 5. The number of anilines is 1. The maximum absolute atomic E-state index is 5.62. The predicted molar refractivity (Wildman–Crippen MR) is 66.8 cm³/mol. The molecule has 2 N–H and O–H groups in total. The summed E-state index contributed by atoms with van der Waals surface area (Å²) in [7, 11) is 1.48. The van der Waals surface area contributed by atoms with Crippen LogP contribution < -0.4 is 10.5 Å². The molecule has 2 aromatic rings. The van der Waals surface area contributed by atoms with Crippen LogP contribution in [0.15, 0.2) is 0 Å². The smallest absolute Gasteiger partial charge is 0.322 e. The summed E-state index contributed by atoms with van der Waals surface area (Å²) in [6, 6.07) is 0.183. The highest BCUT2D eigenvalue weighted by atomic mass is 16.5. The van der Waals surface area contributed by atoms with E-state index < -0.39 is 0 Å². The van der Waals surface area contributed by atoms with Gasteiger partial charge in [-0.25, -0.2) is 4.68 Å². The Morgan fingerprint density at radius 2 is 1.94 bits per heavy atom. The standard InChI is InChI=1S/C11H16N6O/c1-5-8-6(2)16-17(7(8)3)10-13-9(12)14-11(15-10)18-4/h5H2,1-4H3,(H2,12,13,14,15). The fourth-order valence-electron chi connectivity index (χ4n) is 1.93. The lowest BCUT2D eigenvalue weighted by Gasteiger charge is -2.05. The molecule has 7 heteroatoms. The van der Waals surface area contributed by atoms with Crippen molar-refractivity contribution in [3.05, 3.63) is 17.0 Å². The van der Waals surface area contributed by atoms with Crippen LogP contribution in [0.4, 0.5) is 5.95 Å². The fourth-order valence-corrected chi connectivity index (χ4v) is 1.93. The Bertz CT molecular complexity index is 577. The second kappa shape index (κ2) is 4.59. The molecular formula is C11H16N6O. The fraction of sp³-hybridized carbons (Fsp3) is 0.455. The molecule has 0 aromatic carbocycles. The normalized spacial score (nSPS) is 10.7. The monoisotopic (exact) mass is 248 g/mol. The zero-order valence-electron chi connectivity index (χ0n) is 10.9. The second-order valence-electron chi connectivity index (χ2n) is 3.90. The molecule has 0 bridgehead atoms. The van der Waals surface area contributed by atoms with Crippen molar-refractivity contribution in [3.8, 4) is 12.0 Å². The molecule has 2 rings (SSSR count). The van der Waals surface area contributed by atoms with Crippen LogP contribution in [0.2, 0.25) is 0 Å². The van der Waals surface area contributed by atoms with E-state index in [2.05, 4.69) is 27.0 Å². The van der Waals surface area contributed by atoms with Gasteiger partial charge in [0.2, 0.25) is 5.95 Å².